The van der Waals surface area contributed by atoms with E-state index in [1.54, 1.807) is 6.20 Å². The lowest BCUT2D eigenvalue weighted by atomic mass is 10.1. The number of aromatic nitrogens is 9. The van der Waals surface area contributed by atoms with E-state index in [-0.39, 0.29) is 0 Å². The molecule has 65 heavy (non-hydrogen) atoms. The maximum absolute atomic E-state index is 4.65. The summed E-state index contributed by atoms with van der Waals surface area (Å²) in [5.41, 5.74) is 14.2. The molecule has 0 aliphatic heterocycles. The van der Waals surface area contributed by atoms with Crippen molar-refractivity contribution in [3.63, 3.8) is 0 Å². The van der Waals surface area contributed by atoms with Gasteiger partial charge >= 0.3 is 0 Å². The van der Waals surface area contributed by atoms with Crippen LogP contribution in [0.15, 0.2) is 213 Å². The predicted molar refractivity (Wildman–Crippen MR) is 264 cm³/mol. The minimum atomic E-state index is 0.749. The van der Waals surface area contributed by atoms with Crippen LogP contribution in [0.5, 0.6) is 0 Å². The molecule has 9 nitrogen and oxygen atoms in total. The predicted octanol–water partition coefficient (Wildman–Crippen LogP) is 12.9. The zero-order valence-electron chi connectivity index (χ0n) is 36.7. The monoisotopic (exact) mass is 845 g/mol. The van der Waals surface area contributed by atoms with Crippen LogP contribution >= 0.6 is 0 Å². The van der Waals surface area contributed by atoms with Crippen molar-refractivity contribution in [1.82, 2.24) is 43.3 Å². The van der Waals surface area contributed by atoms with Crippen LogP contribution in [0.4, 0.5) is 0 Å². The highest BCUT2D eigenvalue weighted by molar-refractivity contribution is 5.92. The summed E-state index contributed by atoms with van der Waals surface area (Å²) in [6, 6.07) is 65.4. The van der Waals surface area contributed by atoms with Gasteiger partial charge in [0.15, 0.2) is 0 Å². The van der Waals surface area contributed by atoms with E-state index in [0.29, 0.717) is 0 Å². The minimum Gasteiger partial charge on any atom is -0.327 e. The Hall–Kier alpha value is -8.56. The molecule has 6 aromatic heterocycles. The Balaban J connectivity index is 0.000000109. The molecule has 316 valence electrons. The molecule has 0 aliphatic rings. The van der Waals surface area contributed by atoms with Crippen LogP contribution in [-0.4, -0.2) is 43.3 Å². The van der Waals surface area contributed by atoms with Gasteiger partial charge in [0.05, 0.1) is 45.0 Å². The normalized spacial score (nSPS) is 10.8. The molecule has 12 rings (SSSR count). The van der Waals surface area contributed by atoms with Crippen LogP contribution in [0, 0.1) is 20.8 Å². The van der Waals surface area contributed by atoms with Crippen molar-refractivity contribution in [2.45, 2.75) is 20.8 Å². The quantitative estimate of drug-likeness (QED) is 0.175. The van der Waals surface area contributed by atoms with Crippen molar-refractivity contribution in [3.05, 3.63) is 230 Å². The van der Waals surface area contributed by atoms with E-state index in [1.165, 1.54) is 22.3 Å². The van der Waals surface area contributed by atoms with Crippen molar-refractivity contribution in [1.29, 1.82) is 0 Å². The highest BCUT2D eigenvalue weighted by Crippen LogP contribution is 2.27. The standard InChI is InChI=1S/C15H12N2.2C14H12N2.C13H11N3/c1-11-16-14-10-6-5-9-13(14)15(17-11)12-7-3-2-4-8-12;1-16-13-10-6-5-9-12(13)15-14(16)11-7-3-2-4-8-11;1-11-14(12-7-3-2-4-8-12)16-10-6-5-9-13(16)15-11;1-10-12(11-6-3-2-4-7-11)16-9-5-8-14-13(16)15-10/h2-10H,1H3;2*2-10H,1H3;2-9H,1H3. The van der Waals surface area contributed by atoms with Gasteiger partial charge in [-0.3, -0.25) is 8.80 Å². The van der Waals surface area contributed by atoms with Crippen LogP contribution in [0.25, 0.3) is 78.5 Å². The molecular weight excluding hydrogens is 799 g/mol. The molecule has 6 heterocycles. The molecule has 0 unspecified atom stereocenters. The first kappa shape index (κ1) is 41.8. The topological polar surface area (TPSA) is 91.1 Å². The average Bonchev–Trinajstić information content (AvgIpc) is 4.01. The highest BCUT2D eigenvalue weighted by Gasteiger charge is 2.12. The fourth-order valence-electron chi connectivity index (χ4n) is 8.00. The smallest absolute Gasteiger partial charge is 0.234 e. The summed E-state index contributed by atoms with van der Waals surface area (Å²) in [5.74, 6) is 2.57. The summed E-state index contributed by atoms with van der Waals surface area (Å²) in [6.45, 7) is 5.99. The molecule has 6 aromatic carbocycles. The summed E-state index contributed by atoms with van der Waals surface area (Å²) in [7, 11) is 2.05. The molecule has 12 aromatic rings. The van der Waals surface area contributed by atoms with Crippen molar-refractivity contribution in [3.8, 4) is 45.2 Å². The zero-order chi connectivity index (χ0) is 44.5. The van der Waals surface area contributed by atoms with Crippen molar-refractivity contribution >= 4 is 33.4 Å². The summed E-state index contributed by atoms with van der Waals surface area (Å²) < 4.78 is 6.28. The number of nitrogens with zero attached hydrogens (tertiary/aromatic N) is 9. The Morgan fingerprint density at radius 3 is 1.58 bits per heavy atom. The van der Waals surface area contributed by atoms with Gasteiger partial charge in [-0.25, -0.2) is 29.9 Å². The van der Waals surface area contributed by atoms with Crippen LogP contribution in [0.3, 0.4) is 0 Å². The number of imidazole rings is 3. The Kier molecular flexibility index (Phi) is 12.4. The van der Waals surface area contributed by atoms with Gasteiger partial charge in [-0.1, -0.05) is 158 Å². The molecule has 0 fully saturated rings. The van der Waals surface area contributed by atoms with E-state index in [4.69, 9.17) is 0 Å². The molecule has 0 atom stereocenters. The Labute approximate surface area is 378 Å². The molecule has 0 saturated heterocycles. The molecule has 0 aliphatic carbocycles. The van der Waals surface area contributed by atoms with Gasteiger partial charge in [0, 0.05) is 53.3 Å². The first-order chi connectivity index (χ1) is 31.9. The second-order valence-electron chi connectivity index (χ2n) is 15.4. The summed E-state index contributed by atoms with van der Waals surface area (Å²) in [6.07, 6.45) is 5.80. The molecular formula is C56H47N9. The number of fused-ring (bicyclic) bond motifs is 4. The Morgan fingerprint density at radius 1 is 0.400 bits per heavy atom. The van der Waals surface area contributed by atoms with Crippen LogP contribution < -0.4 is 0 Å². The largest absolute Gasteiger partial charge is 0.327 e. The van der Waals surface area contributed by atoms with Gasteiger partial charge in [0.1, 0.15) is 17.3 Å². The van der Waals surface area contributed by atoms with Gasteiger partial charge in [-0.05, 0) is 57.2 Å². The van der Waals surface area contributed by atoms with E-state index >= 15 is 0 Å². The third kappa shape index (κ3) is 9.16. The molecule has 0 saturated carbocycles. The Bertz CT molecular complexity index is 3340. The van der Waals surface area contributed by atoms with Crippen molar-refractivity contribution in [2.75, 3.05) is 0 Å². The number of rotatable bonds is 4. The highest BCUT2D eigenvalue weighted by atomic mass is 15.1. The van der Waals surface area contributed by atoms with Gasteiger partial charge < -0.3 is 4.57 Å². The number of hydrogen-bond acceptors (Lipinski definition) is 6. The minimum absolute atomic E-state index is 0.749. The summed E-state index contributed by atoms with van der Waals surface area (Å²) in [4.78, 5) is 26.9. The van der Waals surface area contributed by atoms with Crippen molar-refractivity contribution < 1.29 is 0 Å². The van der Waals surface area contributed by atoms with E-state index in [9.17, 15) is 0 Å². The van der Waals surface area contributed by atoms with Gasteiger partial charge in [0.25, 0.3) is 0 Å². The van der Waals surface area contributed by atoms with E-state index in [2.05, 4.69) is 132 Å². The SMILES string of the molecule is Cc1nc(-c2ccccc2)c2ccccc2n1.Cc1nc2ccccn2c1-c1ccccc1.Cc1nc2ncccn2c1-c1ccccc1.Cn1c(-c2ccccc2)nc2ccccc21. The van der Waals surface area contributed by atoms with E-state index in [1.807, 2.05) is 146 Å². The lowest BCUT2D eigenvalue weighted by Gasteiger charge is -2.06. The molecule has 0 spiro atoms. The molecule has 9 heteroatoms. The molecule has 0 amide bonds. The first-order valence-electron chi connectivity index (χ1n) is 21.5. The second-order valence-corrected chi connectivity index (χ2v) is 15.4. The molecule has 0 radical (unpaired) electrons. The third-order valence-electron chi connectivity index (χ3n) is 11.0. The fourth-order valence-corrected chi connectivity index (χ4v) is 8.00. The number of aryl methyl sites for hydroxylation is 4. The van der Waals surface area contributed by atoms with Crippen LogP contribution in [0.1, 0.15) is 17.2 Å². The number of hydrogen-bond donors (Lipinski definition) is 0. The fraction of sp³-hybridized carbons (Fsp3) is 0.0714. The Morgan fingerprint density at radius 2 is 0.923 bits per heavy atom. The number of benzene rings is 6. The van der Waals surface area contributed by atoms with Gasteiger partial charge in [0.2, 0.25) is 5.78 Å². The second kappa shape index (κ2) is 19.2. The van der Waals surface area contributed by atoms with Gasteiger partial charge in [-0.15, -0.1) is 0 Å². The maximum atomic E-state index is 4.65. The zero-order valence-corrected chi connectivity index (χ0v) is 36.7. The number of para-hydroxylation sites is 3. The third-order valence-corrected chi connectivity index (χ3v) is 11.0. The first-order valence-corrected chi connectivity index (χ1v) is 21.5. The van der Waals surface area contributed by atoms with Crippen molar-refractivity contribution in [2.24, 2.45) is 7.05 Å². The number of pyridine rings is 1. The van der Waals surface area contributed by atoms with Gasteiger partial charge in [-0.2, -0.15) is 0 Å². The lowest BCUT2D eigenvalue weighted by molar-refractivity contribution is 0.959. The maximum Gasteiger partial charge on any atom is 0.234 e. The van der Waals surface area contributed by atoms with Crippen LogP contribution in [-0.2, 0) is 7.05 Å². The molecule has 0 bridgehead atoms. The summed E-state index contributed by atoms with van der Waals surface area (Å²) in [5, 5.41) is 1.10. The van der Waals surface area contributed by atoms with E-state index in [0.717, 1.165) is 73.4 Å². The summed E-state index contributed by atoms with van der Waals surface area (Å²) >= 11 is 0. The van der Waals surface area contributed by atoms with Crippen LogP contribution in [0.2, 0.25) is 0 Å². The van der Waals surface area contributed by atoms with E-state index < -0.39 is 0 Å². The lowest BCUT2D eigenvalue weighted by Crippen LogP contribution is -1.93. The molecule has 0 N–H and O–H groups in total. The average molecular weight is 846 g/mol.